The third-order valence-corrected chi connectivity index (χ3v) is 4.05. The highest BCUT2D eigenvalue weighted by Gasteiger charge is 2.35. The summed E-state index contributed by atoms with van der Waals surface area (Å²) in [5.74, 6) is -0.189. The molecule has 1 amide bonds. The second-order valence-electron chi connectivity index (χ2n) is 6.21. The van der Waals surface area contributed by atoms with Gasteiger partial charge >= 0.3 is 6.18 Å². The average molecular weight is 408 g/mol. The maximum atomic E-state index is 13.5. The van der Waals surface area contributed by atoms with E-state index in [0.29, 0.717) is 18.0 Å². The Balaban J connectivity index is 1.74. The molecule has 0 radical (unpaired) electrons. The van der Waals surface area contributed by atoms with Gasteiger partial charge in [-0.1, -0.05) is 0 Å². The molecule has 3 rings (SSSR count). The summed E-state index contributed by atoms with van der Waals surface area (Å²) in [5, 5.41) is 6.49. The fourth-order valence-corrected chi connectivity index (χ4v) is 2.86. The molecule has 2 heterocycles. The molecule has 0 fully saturated rings. The normalized spacial score (nSPS) is 11.5. The molecule has 29 heavy (non-hydrogen) atoms. The number of carbonyl (C=O) groups excluding carboxylic acids is 1. The monoisotopic (exact) mass is 408 g/mol. The van der Waals surface area contributed by atoms with E-state index < -0.39 is 24.3 Å². The van der Waals surface area contributed by atoms with E-state index in [1.54, 1.807) is 24.3 Å². The number of pyridine rings is 1. The smallest absolute Gasteiger partial charge is 0.417 e. The molecule has 0 saturated heterocycles. The molecule has 0 spiro atoms. The lowest BCUT2D eigenvalue weighted by Crippen LogP contribution is -2.20. The molecule has 0 bridgehead atoms. The van der Waals surface area contributed by atoms with Crippen LogP contribution in [-0.2, 0) is 18.0 Å². The Kier molecular flexibility index (Phi) is 5.62. The summed E-state index contributed by atoms with van der Waals surface area (Å²) in [4.78, 5) is 16.1. The first-order valence-electron chi connectivity index (χ1n) is 8.76. The molecule has 2 aromatic heterocycles. The van der Waals surface area contributed by atoms with E-state index in [2.05, 4.69) is 15.4 Å². The van der Waals surface area contributed by atoms with Crippen molar-refractivity contribution >= 4 is 22.6 Å². The number of halogens is 3. The summed E-state index contributed by atoms with van der Waals surface area (Å²) in [6, 6.07) is 7.45. The zero-order valence-electron chi connectivity index (χ0n) is 16.0. The number of nitrogens with one attached hydrogen (secondary N) is 1. The second-order valence-corrected chi connectivity index (χ2v) is 6.21. The van der Waals surface area contributed by atoms with Gasteiger partial charge in [0.2, 0.25) is 5.88 Å². The highest BCUT2D eigenvalue weighted by atomic mass is 19.4. The number of rotatable bonds is 6. The summed E-state index contributed by atoms with van der Waals surface area (Å²) >= 11 is 0. The van der Waals surface area contributed by atoms with Gasteiger partial charge in [-0.2, -0.15) is 23.3 Å². The minimum atomic E-state index is -4.61. The van der Waals surface area contributed by atoms with Crippen LogP contribution in [0, 0.1) is 6.92 Å². The van der Waals surface area contributed by atoms with E-state index >= 15 is 0 Å². The van der Waals surface area contributed by atoms with Crippen molar-refractivity contribution in [2.75, 3.05) is 18.5 Å². The molecule has 0 aliphatic carbocycles. The van der Waals surface area contributed by atoms with Crippen molar-refractivity contribution < 1.29 is 27.4 Å². The molecule has 3 aromatic rings. The Labute approximate surface area is 164 Å². The number of ether oxygens (including phenoxy) is 2. The Morgan fingerprint density at radius 1 is 1.21 bits per heavy atom. The van der Waals surface area contributed by atoms with E-state index in [0.717, 1.165) is 6.07 Å². The zero-order valence-corrected chi connectivity index (χ0v) is 16.0. The zero-order chi connectivity index (χ0) is 21.2. The van der Waals surface area contributed by atoms with Gasteiger partial charge < -0.3 is 14.8 Å². The van der Waals surface area contributed by atoms with Crippen LogP contribution < -0.4 is 14.8 Å². The molecule has 7 nitrogen and oxygen atoms in total. The number of benzene rings is 1. The van der Waals surface area contributed by atoms with Crippen molar-refractivity contribution in [3.05, 3.63) is 41.6 Å². The molecule has 0 atom stereocenters. The minimum Gasteiger partial charge on any atom is -0.494 e. The summed E-state index contributed by atoms with van der Waals surface area (Å²) in [5.41, 5.74) is -0.167. The molecular weight excluding hydrogens is 389 g/mol. The number of aromatic nitrogens is 3. The van der Waals surface area contributed by atoms with Crippen LogP contribution >= 0.6 is 0 Å². The van der Waals surface area contributed by atoms with Crippen LogP contribution in [0.3, 0.4) is 0 Å². The Morgan fingerprint density at radius 2 is 1.90 bits per heavy atom. The Hall–Kier alpha value is -3.30. The maximum absolute atomic E-state index is 13.5. The summed E-state index contributed by atoms with van der Waals surface area (Å²) < 4.78 is 52.1. The van der Waals surface area contributed by atoms with Crippen molar-refractivity contribution in [2.24, 2.45) is 7.05 Å². The van der Waals surface area contributed by atoms with Crippen molar-refractivity contribution in [1.82, 2.24) is 14.8 Å². The highest BCUT2D eigenvalue weighted by molar-refractivity contribution is 5.92. The first-order chi connectivity index (χ1) is 13.7. The van der Waals surface area contributed by atoms with Crippen LogP contribution in [0.25, 0.3) is 11.0 Å². The molecule has 0 aliphatic heterocycles. The van der Waals surface area contributed by atoms with Crippen LogP contribution in [0.1, 0.15) is 18.2 Å². The van der Waals surface area contributed by atoms with Gasteiger partial charge in [0, 0.05) is 18.8 Å². The SMILES string of the molecule is CCOc1ccc(NC(=O)COc2cc(C(F)(F)F)c3c(C)nn(C)c3n2)cc1. The van der Waals surface area contributed by atoms with Gasteiger partial charge in [0.05, 0.1) is 23.3 Å². The van der Waals surface area contributed by atoms with Gasteiger partial charge in [-0.15, -0.1) is 0 Å². The lowest BCUT2D eigenvalue weighted by Gasteiger charge is -2.12. The second kappa shape index (κ2) is 7.98. The van der Waals surface area contributed by atoms with E-state index in [1.165, 1.54) is 18.7 Å². The Bertz CT molecular complexity index is 1030. The summed E-state index contributed by atoms with van der Waals surface area (Å²) in [6.07, 6.45) is -4.61. The van der Waals surface area contributed by atoms with Gasteiger partial charge in [0.25, 0.3) is 5.91 Å². The molecule has 1 N–H and O–H groups in total. The van der Waals surface area contributed by atoms with Crippen LogP contribution in [0.4, 0.5) is 18.9 Å². The van der Waals surface area contributed by atoms with Crippen LogP contribution in [0.5, 0.6) is 11.6 Å². The Morgan fingerprint density at radius 3 is 2.52 bits per heavy atom. The third-order valence-electron chi connectivity index (χ3n) is 4.05. The predicted octanol–water partition coefficient (Wildman–Crippen LogP) is 3.71. The standard InChI is InChI=1S/C19H19F3N4O3/c1-4-28-13-7-5-12(6-8-13)23-15(27)10-29-16-9-14(19(20,21)22)17-11(2)25-26(3)18(17)24-16/h5-9H,4,10H2,1-3H3,(H,23,27). The predicted molar refractivity (Wildman–Crippen MR) is 100.0 cm³/mol. The molecule has 154 valence electrons. The number of nitrogens with zero attached hydrogens (tertiary/aromatic N) is 3. The van der Waals surface area contributed by atoms with E-state index in [4.69, 9.17) is 9.47 Å². The van der Waals surface area contributed by atoms with E-state index in [-0.39, 0.29) is 22.6 Å². The maximum Gasteiger partial charge on any atom is 0.417 e. The number of aryl methyl sites for hydroxylation is 2. The summed E-state index contributed by atoms with van der Waals surface area (Å²) in [7, 11) is 1.49. The van der Waals surface area contributed by atoms with Crippen LogP contribution in [-0.4, -0.2) is 33.9 Å². The first kappa shape index (κ1) is 20.4. The quantitative estimate of drug-likeness (QED) is 0.673. The highest BCUT2D eigenvalue weighted by Crippen LogP contribution is 2.37. The van der Waals surface area contributed by atoms with Gasteiger partial charge in [-0.05, 0) is 38.1 Å². The average Bonchev–Trinajstić information content (AvgIpc) is 2.94. The van der Waals surface area contributed by atoms with Crippen molar-refractivity contribution in [1.29, 1.82) is 0 Å². The lowest BCUT2D eigenvalue weighted by molar-refractivity contribution is -0.136. The number of fused-ring (bicyclic) bond motifs is 1. The van der Waals surface area contributed by atoms with Crippen molar-refractivity contribution in [3.63, 3.8) is 0 Å². The fourth-order valence-electron chi connectivity index (χ4n) is 2.86. The number of amides is 1. The lowest BCUT2D eigenvalue weighted by atomic mass is 10.1. The molecule has 0 saturated carbocycles. The van der Waals surface area contributed by atoms with Crippen molar-refractivity contribution in [3.8, 4) is 11.6 Å². The minimum absolute atomic E-state index is 0.0271. The van der Waals surface area contributed by atoms with Gasteiger partial charge in [0.1, 0.15) is 5.75 Å². The van der Waals surface area contributed by atoms with Crippen molar-refractivity contribution in [2.45, 2.75) is 20.0 Å². The molecule has 0 unspecified atom stereocenters. The molecular formula is C19H19F3N4O3. The summed E-state index contributed by atoms with van der Waals surface area (Å²) in [6.45, 7) is 3.35. The van der Waals surface area contributed by atoms with E-state index in [9.17, 15) is 18.0 Å². The topological polar surface area (TPSA) is 78.3 Å². The van der Waals surface area contributed by atoms with Gasteiger partial charge in [-0.3, -0.25) is 9.48 Å². The molecule has 0 aliphatic rings. The number of hydrogen-bond donors (Lipinski definition) is 1. The number of hydrogen-bond acceptors (Lipinski definition) is 5. The molecule has 1 aromatic carbocycles. The van der Waals surface area contributed by atoms with E-state index in [1.807, 2.05) is 6.92 Å². The van der Waals surface area contributed by atoms with Gasteiger partial charge in [0.15, 0.2) is 12.3 Å². The first-order valence-corrected chi connectivity index (χ1v) is 8.76. The third kappa shape index (κ3) is 4.58. The van der Waals surface area contributed by atoms with Crippen LogP contribution in [0.15, 0.2) is 30.3 Å². The fraction of sp³-hybridized carbons (Fsp3) is 0.316. The van der Waals surface area contributed by atoms with Crippen LogP contribution in [0.2, 0.25) is 0 Å². The number of anilines is 1. The largest absolute Gasteiger partial charge is 0.494 e. The molecule has 10 heteroatoms. The number of carbonyl (C=O) groups is 1. The van der Waals surface area contributed by atoms with Gasteiger partial charge in [-0.25, -0.2) is 0 Å². The number of alkyl halides is 3.